The molecule has 0 spiro atoms. The number of carboxylic acid groups (broad SMARTS) is 1. The van der Waals surface area contributed by atoms with Crippen molar-refractivity contribution in [3.8, 4) is 0 Å². The predicted octanol–water partition coefficient (Wildman–Crippen LogP) is 2.99. The molecule has 20 heavy (non-hydrogen) atoms. The molecule has 1 fully saturated rings. The Balaban J connectivity index is 2.83. The fourth-order valence-electron chi connectivity index (χ4n) is 2.84. The molecule has 1 rings (SSSR count). The fraction of sp³-hybridized carbons (Fsp3) is 0.867. The maximum absolute atomic E-state index is 12.4. The van der Waals surface area contributed by atoms with Gasteiger partial charge in [-0.05, 0) is 33.1 Å². The molecule has 0 atom stereocenters. The second-order valence-corrected chi connectivity index (χ2v) is 6.02. The molecular formula is C15H28N2O3. The van der Waals surface area contributed by atoms with Crippen LogP contribution in [0.4, 0.5) is 4.79 Å². The Hall–Kier alpha value is -1.26. The molecule has 2 N–H and O–H groups in total. The lowest BCUT2D eigenvalue weighted by molar-refractivity contribution is -0.145. The molecule has 0 saturated heterocycles. The molecule has 116 valence electrons. The van der Waals surface area contributed by atoms with Gasteiger partial charge in [-0.15, -0.1) is 0 Å². The molecule has 1 saturated carbocycles. The molecule has 1 aliphatic carbocycles. The highest BCUT2D eigenvalue weighted by atomic mass is 16.4. The zero-order valence-corrected chi connectivity index (χ0v) is 12.9. The van der Waals surface area contributed by atoms with E-state index < -0.39 is 11.5 Å². The van der Waals surface area contributed by atoms with E-state index in [2.05, 4.69) is 5.32 Å². The highest BCUT2D eigenvalue weighted by Crippen LogP contribution is 2.28. The number of hydrogen-bond donors (Lipinski definition) is 2. The van der Waals surface area contributed by atoms with Crippen molar-refractivity contribution < 1.29 is 14.7 Å². The Bertz CT molecular complexity index is 334. The third kappa shape index (κ3) is 4.12. The van der Waals surface area contributed by atoms with E-state index in [1.54, 1.807) is 4.90 Å². The average Bonchev–Trinajstić information content (AvgIpc) is 2.61. The smallest absolute Gasteiger partial charge is 0.329 e. The van der Waals surface area contributed by atoms with Gasteiger partial charge in [-0.2, -0.15) is 0 Å². The van der Waals surface area contributed by atoms with Crippen LogP contribution in [0.5, 0.6) is 0 Å². The van der Waals surface area contributed by atoms with Crippen LogP contribution in [0.15, 0.2) is 0 Å². The van der Waals surface area contributed by atoms with E-state index in [0.29, 0.717) is 19.4 Å². The van der Waals surface area contributed by atoms with Gasteiger partial charge >= 0.3 is 12.0 Å². The first kappa shape index (κ1) is 16.8. The van der Waals surface area contributed by atoms with E-state index in [4.69, 9.17) is 0 Å². The third-order valence-electron chi connectivity index (χ3n) is 4.06. The largest absolute Gasteiger partial charge is 0.480 e. The Morgan fingerprint density at radius 1 is 1.20 bits per heavy atom. The quantitative estimate of drug-likeness (QED) is 0.762. The molecular weight excluding hydrogens is 256 g/mol. The monoisotopic (exact) mass is 284 g/mol. The molecule has 0 unspecified atom stereocenters. The predicted molar refractivity (Wildman–Crippen MR) is 78.7 cm³/mol. The van der Waals surface area contributed by atoms with Crippen molar-refractivity contribution in [2.45, 2.75) is 77.3 Å². The fourth-order valence-corrected chi connectivity index (χ4v) is 2.84. The minimum absolute atomic E-state index is 0.0755. The summed E-state index contributed by atoms with van der Waals surface area (Å²) in [6, 6.07) is -0.169. The van der Waals surface area contributed by atoms with Crippen molar-refractivity contribution in [2.75, 3.05) is 6.54 Å². The highest BCUT2D eigenvalue weighted by Gasteiger charge is 2.41. The molecule has 1 aliphatic rings. The van der Waals surface area contributed by atoms with Gasteiger partial charge in [0.25, 0.3) is 0 Å². The van der Waals surface area contributed by atoms with E-state index in [1.807, 2.05) is 20.8 Å². The second kappa shape index (κ2) is 7.50. The van der Waals surface area contributed by atoms with Gasteiger partial charge in [-0.1, -0.05) is 32.6 Å². The summed E-state index contributed by atoms with van der Waals surface area (Å²) in [5.74, 6) is -0.895. The van der Waals surface area contributed by atoms with Gasteiger partial charge in [-0.25, -0.2) is 9.59 Å². The van der Waals surface area contributed by atoms with Crippen LogP contribution in [-0.2, 0) is 4.79 Å². The number of aliphatic carboxylic acids is 1. The van der Waals surface area contributed by atoms with Crippen LogP contribution in [0.1, 0.15) is 65.7 Å². The average molecular weight is 284 g/mol. The first-order chi connectivity index (χ1) is 9.43. The van der Waals surface area contributed by atoms with E-state index in [1.165, 1.54) is 0 Å². The summed E-state index contributed by atoms with van der Waals surface area (Å²) in [4.78, 5) is 25.8. The van der Waals surface area contributed by atoms with Crippen molar-refractivity contribution in [3.05, 3.63) is 0 Å². The number of urea groups is 1. The number of amides is 2. The molecule has 5 nitrogen and oxygen atoms in total. The molecule has 0 bridgehead atoms. The van der Waals surface area contributed by atoms with Crippen LogP contribution in [0.25, 0.3) is 0 Å². The Labute approximate surface area is 121 Å². The number of rotatable bonds is 5. The maximum atomic E-state index is 12.4. The van der Waals surface area contributed by atoms with Crippen molar-refractivity contribution in [3.63, 3.8) is 0 Å². The van der Waals surface area contributed by atoms with E-state index in [-0.39, 0.29) is 12.1 Å². The van der Waals surface area contributed by atoms with Crippen molar-refractivity contribution >= 4 is 12.0 Å². The first-order valence-electron chi connectivity index (χ1n) is 7.75. The summed E-state index contributed by atoms with van der Waals surface area (Å²) >= 11 is 0. The van der Waals surface area contributed by atoms with Gasteiger partial charge in [0.05, 0.1) is 0 Å². The lowest BCUT2D eigenvalue weighted by atomic mass is 9.90. The van der Waals surface area contributed by atoms with Crippen molar-refractivity contribution in [1.29, 1.82) is 0 Å². The summed E-state index contributed by atoms with van der Waals surface area (Å²) in [6.45, 7) is 6.58. The lowest BCUT2D eigenvalue weighted by Crippen LogP contribution is -2.58. The second-order valence-electron chi connectivity index (χ2n) is 6.02. The number of nitrogens with one attached hydrogen (secondary N) is 1. The Morgan fingerprint density at radius 2 is 1.75 bits per heavy atom. The van der Waals surface area contributed by atoms with Crippen LogP contribution < -0.4 is 5.32 Å². The van der Waals surface area contributed by atoms with Gasteiger partial charge in [0, 0.05) is 12.6 Å². The summed E-state index contributed by atoms with van der Waals surface area (Å²) in [6.07, 6.45) is 5.76. The molecule has 0 radical (unpaired) electrons. The minimum atomic E-state index is -1.07. The molecule has 2 amide bonds. The summed E-state index contributed by atoms with van der Waals surface area (Å²) in [7, 11) is 0. The van der Waals surface area contributed by atoms with Gasteiger partial charge in [-0.3, -0.25) is 0 Å². The summed E-state index contributed by atoms with van der Waals surface area (Å²) < 4.78 is 0. The van der Waals surface area contributed by atoms with Crippen LogP contribution >= 0.6 is 0 Å². The lowest BCUT2D eigenvalue weighted by Gasteiger charge is -2.34. The first-order valence-corrected chi connectivity index (χ1v) is 7.75. The van der Waals surface area contributed by atoms with Gasteiger partial charge in [0.1, 0.15) is 5.54 Å². The molecule has 0 aromatic rings. The van der Waals surface area contributed by atoms with E-state index in [9.17, 15) is 14.7 Å². The van der Waals surface area contributed by atoms with Crippen LogP contribution in [-0.4, -0.2) is 40.1 Å². The number of carboxylic acids is 1. The maximum Gasteiger partial charge on any atom is 0.329 e. The highest BCUT2D eigenvalue weighted by molar-refractivity contribution is 5.86. The normalized spacial score (nSPS) is 18.4. The van der Waals surface area contributed by atoms with Crippen LogP contribution in [0.2, 0.25) is 0 Å². The summed E-state index contributed by atoms with van der Waals surface area (Å²) in [5.41, 5.74) is -1.07. The van der Waals surface area contributed by atoms with Gasteiger partial charge in [0.15, 0.2) is 0 Å². The molecule has 0 heterocycles. The molecule has 0 aromatic heterocycles. The molecule has 0 aromatic carbocycles. The van der Waals surface area contributed by atoms with E-state index >= 15 is 0 Å². The van der Waals surface area contributed by atoms with Crippen molar-refractivity contribution in [2.24, 2.45) is 0 Å². The summed E-state index contributed by atoms with van der Waals surface area (Å²) in [5, 5.41) is 12.4. The SMILES string of the molecule is CCCN(C(=O)NC1(C(=O)O)CCCCCC1)C(C)C. The minimum Gasteiger partial charge on any atom is -0.480 e. The number of nitrogens with zero attached hydrogens (tertiary/aromatic N) is 1. The molecule has 5 heteroatoms. The molecule has 0 aliphatic heterocycles. The Morgan fingerprint density at radius 3 is 2.15 bits per heavy atom. The van der Waals surface area contributed by atoms with Crippen molar-refractivity contribution in [1.82, 2.24) is 10.2 Å². The van der Waals surface area contributed by atoms with Gasteiger partial charge < -0.3 is 15.3 Å². The number of hydrogen-bond acceptors (Lipinski definition) is 2. The standard InChI is InChI=1S/C15H28N2O3/c1-4-11-17(12(2)3)14(20)16-15(13(18)19)9-7-5-6-8-10-15/h12H,4-11H2,1-3H3,(H,16,20)(H,18,19). The zero-order valence-electron chi connectivity index (χ0n) is 12.9. The number of carbonyl (C=O) groups is 2. The zero-order chi connectivity index (χ0) is 15.2. The third-order valence-corrected chi connectivity index (χ3v) is 4.06. The van der Waals surface area contributed by atoms with Crippen LogP contribution in [0.3, 0.4) is 0 Å². The van der Waals surface area contributed by atoms with Crippen LogP contribution in [0, 0.1) is 0 Å². The number of carbonyl (C=O) groups excluding carboxylic acids is 1. The Kier molecular flexibility index (Phi) is 6.30. The van der Waals surface area contributed by atoms with Gasteiger partial charge in [0.2, 0.25) is 0 Å². The topological polar surface area (TPSA) is 69.6 Å². The van der Waals surface area contributed by atoms with E-state index in [0.717, 1.165) is 32.1 Å².